The number of benzene rings is 1. The van der Waals surface area contributed by atoms with Gasteiger partial charge in [-0.1, -0.05) is 0 Å². The van der Waals surface area contributed by atoms with Crippen molar-refractivity contribution in [2.45, 2.75) is 0 Å². The van der Waals surface area contributed by atoms with Crippen LogP contribution in [0.2, 0.25) is 0 Å². The van der Waals surface area contributed by atoms with Gasteiger partial charge in [-0.3, -0.25) is 9.89 Å². The summed E-state index contributed by atoms with van der Waals surface area (Å²) < 4.78 is 5.01. The standard InChI is InChI=1S/C12H10N4O2/c13-7-3-4-9-8(6-7)11(16-15-9)14-12(17)10-2-1-5-18-10/h1-6H,13H2,(H2,14,15,16,17). The van der Waals surface area contributed by atoms with E-state index in [0.717, 1.165) is 10.9 Å². The molecule has 0 bridgehead atoms. The summed E-state index contributed by atoms with van der Waals surface area (Å²) in [5.74, 6) is 0.310. The Morgan fingerprint density at radius 2 is 2.28 bits per heavy atom. The Kier molecular flexibility index (Phi) is 2.26. The number of amides is 1. The van der Waals surface area contributed by atoms with Crippen molar-refractivity contribution in [2.75, 3.05) is 11.1 Å². The third-order valence-electron chi connectivity index (χ3n) is 2.56. The molecular weight excluding hydrogens is 232 g/mol. The molecule has 0 aliphatic rings. The molecule has 0 spiro atoms. The minimum atomic E-state index is -0.351. The van der Waals surface area contributed by atoms with E-state index in [1.807, 2.05) is 0 Å². The largest absolute Gasteiger partial charge is 0.459 e. The fourth-order valence-corrected chi connectivity index (χ4v) is 1.70. The van der Waals surface area contributed by atoms with E-state index >= 15 is 0 Å². The molecule has 4 N–H and O–H groups in total. The fourth-order valence-electron chi connectivity index (χ4n) is 1.70. The second-order valence-corrected chi connectivity index (χ2v) is 3.81. The van der Waals surface area contributed by atoms with Gasteiger partial charge in [-0.25, -0.2) is 0 Å². The van der Waals surface area contributed by atoms with Crippen molar-refractivity contribution < 1.29 is 9.21 Å². The Morgan fingerprint density at radius 1 is 1.39 bits per heavy atom. The highest BCUT2D eigenvalue weighted by Crippen LogP contribution is 2.23. The first-order valence-electron chi connectivity index (χ1n) is 5.32. The average Bonchev–Trinajstić information content (AvgIpc) is 2.99. The normalized spacial score (nSPS) is 10.7. The molecule has 0 saturated heterocycles. The maximum absolute atomic E-state index is 11.8. The van der Waals surface area contributed by atoms with Crippen molar-refractivity contribution in [2.24, 2.45) is 0 Å². The molecule has 1 aromatic carbocycles. The highest BCUT2D eigenvalue weighted by atomic mass is 16.3. The van der Waals surface area contributed by atoms with Crippen molar-refractivity contribution in [3.8, 4) is 0 Å². The minimum Gasteiger partial charge on any atom is -0.459 e. The van der Waals surface area contributed by atoms with Crippen molar-refractivity contribution in [3.63, 3.8) is 0 Å². The topological polar surface area (TPSA) is 96.9 Å². The number of nitrogen functional groups attached to an aromatic ring is 1. The van der Waals surface area contributed by atoms with Crippen LogP contribution in [0.1, 0.15) is 10.6 Å². The molecule has 3 rings (SSSR count). The molecule has 6 nitrogen and oxygen atoms in total. The molecule has 2 aromatic heterocycles. The summed E-state index contributed by atoms with van der Waals surface area (Å²) in [6, 6.07) is 8.55. The van der Waals surface area contributed by atoms with Gasteiger partial charge >= 0.3 is 0 Å². The molecule has 6 heteroatoms. The number of carbonyl (C=O) groups excluding carboxylic acids is 1. The van der Waals surface area contributed by atoms with E-state index in [9.17, 15) is 4.79 Å². The van der Waals surface area contributed by atoms with Crippen LogP contribution in [0.4, 0.5) is 11.5 Å². The lowest BCUT2D eigenvalue weighted by Gasteiger charge is -1.99. The highest BCUT2D eigenvalue weighted by molar-refractivity contribution is 6.06. The van der Waals surface area contributed by atoms with Gasteiger partial charge in [0, 0.05) is 11.1 Å². The highest BCUT2D eigenvalue weighted by Gasteiger charge is 2.13. The summed E-state index contributed by atoms with van der Waals surface area (Å²) >= 11 is 0. The monoisotopic (exact) mass is 242 g/mol. The Bertz CT molecular complexity index is 700. The minimum absolute atomic E-state index is 0.232. The SMILES string of the molecule is Nc1ccc2[nH]nc(NC(=O)c3ccco3)c2c1. The van der Waals surface area contributed by atoms with Crippen molar-refractivity contribution in [1.29, 1.82) is 0 Å². The molecule has 2 heterocycles. The lowest BCUT2D eigenvalue weighted by molar-refractivity contribution is 0.0996. The molecule has 0 unspecified atom stereocenters. The zero-order valence-corrected chi connectivity index (χ0v) is 9.31. The van der Waals surface area contributed by atoms with Crippen LogP contribution < -0.4 is 11.1 Å². The molecule has 0 atom stereocenters. The number of H-pyrrole nitrogens is 1. The van der Waals surface area contributed by atoms with Gasteiger partial charge < -0.3 is 15.5 Å². The first kappa shape index (κ1) is 10.4. The van der Waals surface area contributed by atoms with Crippen molar-refractivity contribution in [1.82, 2.24) is 10.2 Å². The van der Waals surface area contributed by atoms with Gasteiger partial charge in [-0.2, -0.15) is 5.10 Å². The number of furan rings is 1. The molecule has 0 fully saturated rings. The quantitative estimate of drug-likeness (QED) is 0.598. The smallest absolute Gasteiger partial charge is 0.292 e. The van der Waals surface area contributed by atoms with Crippen LogP contribution in [0.15, 0.2) is 41.0 Å². The molecule has 90 valence electrons. The third-order valence-corrected chi connectivity index (χ3v) is 2.56. The Hall–Kier alpha value is -2.76. The molecule has 18 heavy (non-hydrogen) atoms. The number of aromatic amines is 1. The van der Waals surface area contributed by atoms with Gasteiger partial charge in [0.2, 0.25) is 0 Å². The summed E-state index contributed by atoms with van der Waals surface area (Å²) in [6.07, 6.45) is 1.44. The zero-order chi connectivity index (χ0) is 12.5. The van der Waals surface area contributed by atoms with E-state index < -0.39 is 0 Å². The van der Waals surface area contributed by atoms with E-state index in [4.69, 9.17) is 10.2 Å². The summed E-state index contributed by atoms with van der Waals surface area (Å²) in [6.45, 7) is 0. The fraction of sp³-hybridized carbons (Fsp3) is 0. The predicted molar refractivity (Wildman–Crippen MR) is 67.2 cm³/mol. The number of carbonyl (C=O) groups is 1. The molecule has 1 amide bonds. The van der Waals surface area contributed by atoms with E-state index in [0.29, 0.717) is 11.5 Å². The Labute approximate surface area is 102 Å². The number of hydrogen-bond donors (Lipinski definition) is 3. The number of nitrogens with one attached hydrogen (secondary N) is 2. The second-order valence-electron chi connectivity index (χ2n) is 3.81. The number of rotatable bonds is 2. The zero-order valence-electron chi connectivity index (χ0n) is 9.31. The van der Waals surface area contributed by atoms with E-state index in [2.05, 4.69) is 15.5 Å². The van der Waals surface area contributed by atoms with Gasteiger partial charge in [0.15, 0.2) is 11.6 Å². The van der Waals surface area contributed by atoms with Gasteiger partial charge in [0.25, 0.3) is 5.91 Å². The van der Waals surface area contributed by atoms with Crippen LogP contribution in [0.5, 0.6) is 0 Å². The number of nitrogens with zero attached hydrogens (tertiary/aromatic N) is 1. The Morgan fingerprint density at radius 3 is 3.06 bits per heavy atom. The number of anilines is 2. The van der Waals surface area contributed by atoms with Crippen LogP contribution in [0.3, 0.4) is 0 Å². The van der Waals surface area contributed by atoms with Crippen LogP contribution in [0.25, 0.3) is 10.9 Å². The van der Waals surface area contributed by atoms with Crippen molar-refractivity contribution >= 4 is 28.3 Å². The van der Waals surface area contributed by atoms with Gasteiger partial charge in [-0.05, 0) is 30.3 Å². The Balaban J connectivity index is 1.95. The van der Waals surface area contributed by atoms with Gasteiger partial charge in [0.05, 0.1) is 11.8 Å². The predicted octanol–water partition coefficient (Wildman–Crippen LogP) is 1.99. The number of hydrogen-bond acceptors (Lipinski definition) is 4. The van der Waals surface area contributed by atoms with Crippen molar-refractivity contribution in [3.05, 3.63) is 42.4 Å². The number of aromatic nitrogens is 2. The van der Waals surface area contributed by atoms with E-state index in [-0.39, 0.29) is 11.7 Å². The first-order chi connectivity index (χ1) is 8.74. The van der Waals surface area contributed by atoms with E-state index in [1.54, 1.807) is 30.3 Å². The molecular formula is C12H10N4O2. The lowest BCUT2D eigenvalue weighted by Crippen LogP contribution is -2.11. The summed E-state index contributed by atoms with van der Waals surface area (Å²) in [5.41, 5.74) is 7.12. The average molecular weight is 242 g/mol. The lowest BCUT2D eigenvalue weighted by atomic mass is 10.2. The summed E-state index contributed by atoms with van der Waals surface area (Å²) in [7, 11) is 0. The second kappa shape index (κ2) is 3.92. The van der Waals surface area contributed by atoms with E-state index in [1.165, 1.54) is 6.26 Å². The van der Waals surface area contributed by atoms with Gasteiger partial charge in [-0.15, -0.1) is 0 Å². The van der Waals surface area contributed by atoms with Crippen LogP contribution in [-0.4, -0.2) is 16.1 Å². The van der Waals surface area contributed by atoms with Crippen LogP contribution in [0, 0.1) is 0 Å². The first-order valence-corrected chi connectivity index (χ1v) is 5.32. The summed E-state index contributed by atoms with van der Waals surface area (Å²) in [5, 5.41) is 10.3. The third kappa shape index (κ3) is 1.69. The molecule has 0 saturated carbocycles. The van der Waals surface area contributed by atoms with Crippen LogP contribution >= 0.6 is 0 Å². The van der Waals surface area contributed by atoms with Gasteiger partial charge in [0.1, 0.15) is 0 Å². The maximum atomic E-state index is 11.8. The molecule has 0 aliphatic heterocycles. The number of nitrogens with two attached hydrogens (primary N) is 1. The van der Waals surface area contributed by atoms with Crippen LogP contribution in [-0.2, 0) is 0 Å². The number of fused-ring (bicyclic) bond motifs is 1. The maximum Gasteiger partial charge on any atom is 0.292 e. The molecule has 0 radical (unpaired) electrons. The molecule has 3 aromatic rings. The summed E-state index contributed by atoms with van der Waals surface area (Å²) in [4.78, 5) is 11.8. The molecule has 0 aliphatic carbocycles.